The third-order valence-corrected chi connectivity index (χ3v) is 4.34. The fourth-order valence-corrected chi connectivity index (χ4v) is 2.91. The van der Waals surface area contributed by atoms with Crippen LogP contribution in [0.2, 0.25) is 0 Å². The predicted molar refractivity (Wildman–Crippen MR) is 78.9 cm³/mol. The third kappa shape index (κ3) is 3.57. The number of hydrogen-bond donors (Lipinski definition) is 1. The lowest BCUT2D eigenvalue weighted by Gasteiger charge is -2.37. The van der Waals surface area contributed by atoms with Crippen LogP contribution in [0.5, 0.6) is 0 Å². The molecule has 2 heterocycles. The van der Waals surface area contributed by atoms with Crippen molar-refractivity contribution >= 4 is 0 Å². The fraction of sp³-hybridized carbons (Fsp3) is 0.800. The van der Waals surface area contributed by atoms with Gasteiger partial charge in [0, 0.05) is 30.9 Å². The molecule has 108 valence electrons. The number of nitrogens with zero attached hydrogens (tertiary/aromatic N) is 3. The van der Waals surface area contributed by atoms with Gasteiger partial charge in [-0.05, 0) is 45.7 Å². The van der Waals surface area contributed by atoms with E-state index in [-0.39, 0.29) is 6.04 Å². The molecular formula is C15H28N4. The maximum absolute atomic E-state index is 6.12. The van der Waals surface area contributed by atoms with Crippen LogP contribution in [-0.4, -0.2) is 33.3 Å². The first kappa shape index (κ1) is 14.5. The Kier molecular flexibility index (Phi) is 4.99. The van der Waals surface area contributed by atoms with Gasteiger partial charge in [0.2, 0.25) is 0 Å². The van der Waals surface area contributed by atoms with Crippen LogP contribution in [0.4, 0.5) is 0 Å². The summed E-state index contributed by atoms with van der Waals surface area (Å²) in [5.41, 5.74) is 7.29. The van der Waals surface area contributed by atoms with Crippen molar-refractivity contribution in [1.82, 2.24) is 14.7 Å². The third-order valence-electron chi connectivity index (χ3n) is 4.34. The normalized spacial score (nSPS) is 24.3. The topological polar surface area (TPSA) is 47.1 Å². The Morgan fingerprint density at radius 1 is 1.42 bits per heavy atom. The number of likely N-dealkylation sites (tertiary alicyclic amines) is 1. The van der Waals surface area contributed by atoms with E-state index in [2.05, 4.69) is 42.6 Å². The summed E-state index contributed by atoms with van der Waals surface area (Å²) in [5, 5.41) is 4.70. The number of aromatic nitrogens is 2. The molecule has 4 nitrogen and oxygen atoms in total. The van der Waals surface area contributed by atoms with Gasteiger partial charge in [0.05, 0.1) is 5.69 Å². The average molecular weight is 264 g/mol. The molecule has 1 aromatic heterocycles. The van der Waals surface area contributed by atoms with Crippen LogP contribution in [0.3, 0.4) is 0 Å². The van der Waals surface area contributed by atoms with E-state index in [9.17, 15) is 0 Å². The summed E-state index contributed by atoms with van der Waals surface area (Å²) >= 11 is 0. The Hall–Kier alpha value is -0.870. The summed E-state index contributed by atoms with van der Waals surface area (Å²) in [6.07, 6.45) is 7.05. The van der Waals surface area contributed by atoms with Crippen molar-refractivity contribution in [1.29, 1.82) is 0 Å². The highest BCUT2D eigenvalue weighted by atomic mass is 15.3. The Bertz CT molecular complexity index is 385. The first-order valence-corrected chi connectivity index (χ1v) is 7.65. The number of hydrogen-bond acceptors (Lipinski definition) is 3. The number of rotatable bonds is 5. The SMILES string of the molecule is CCC(C)n1ccc(CN2CCCCC2C(C)N)n1. The monoisotopic (exact) mass is 264 g/mol. The van der Waals surface area contributed by atoms with Gasteiger partial charge in [-0.15, -0.1) is 0 Å². The molecule has 0 amide bonds. The van der Waals surface area contributed by atoms with E-state index in [1.807, 2.05) is 0 Å². The van der Waals surface area contributed by atoms with Crippen LogP contribution in [0.1, 0.15) is 58.2 Å². The predicted octanol–water partition coefficient (Wildman–Crippen LogP) is 2.56. The van der Waals surface area contributed by atoms with E-state index >= 15 is 0 Å². The minimum atomic E-state index is 0.247. The van der Waals surface area contributed by atoms with Crippen molar-refractivity contribution in [2.75, 3.05) is 6.54 Å². The molecule has 0 saturated carbocycles. The second-order valence-corrected chi connectivity index (χ2v) is 5.94. The molecule has 1 saturated heterocycles. The van der Waals surface area contributed by atoms with Crippen molar-refractivity contribution in [3.8, 4) is 0 Å². The van der Waals surface area contributed by atoms with Gasteiger partial charge in [-0.1, -0.05) is 13.3 Å². The van der Waals surface area contributed by atoms with Crippen molar-refractivity contribution in [3.05, 3.63) is 18.0 Å². The second-order valence-electron chi connectivity index (χ2n) is 5.94. The highest BCUT2D eigenvalue weighted by molar-refractivity contribution is 5.01. The molecule has 0 radical (unpaired) electrons. The molecule has 3 unspecified atom stereocenters. The molecular weight excluding hydrogens is 236 g/mol. The lowest BCUT2D eigenvalue weighted by Crippen LogP contribution is -2.48. The lowest BCUT2D eigenvalue weighted by molar-refractivity contribution is 0.121. The average Bonchev–Trinajstić information content (AvgIpc) is 2.86. The molecule has 1 fully saturated rings. The van der Waals surface area contributed by atoms with Gasteiger partial charge in [0.1, 0.15) is 0 Å². The van der Waals surface area contributed by atoms with Crippen molar-refractivity contribution < 1.29 is 0 Å². The van der Waals surface area contributed by atoms with Gasteiger partial charge in [-0.25, -0.2) is 0 Å². The van der Waals surface area contributed by atoms with Crippen LogP contribution in [0, 0.1) is 0 Å². The molecule has 3 atom stereocenters. The fourth-order valence-electron chi connectivity index (χ4n) is 2.91. The quantitative estimate of drug-likeness (QED) is 0.889. The molecule has 2 N–H and O–H groups in total. The second kappa shape index (κ2) is 6.53. The van der Waals surface area contributed by atoms with E-state index in [0.717, 1.165) is 19.5 Å². The van der Waals surface area contributed by atoms with Crippen LogP contribution in [0.25, 0.3) is 0 Å². The van der Waals surface area contributed by atoms with E-state index < -0.39 is 0 Å². The summed E-state index contributed by atoms with van der Waals surface area (Å²) in [5.74, 6) is 0. The Morgan fingerprint density at radius 2 is 2.21 bits per heavy atom. The number of nitrogens with two attached hydrogens (primary N) is 1. The first-order valence-electron chi connectivity index (χ1n) is 7.65. The molecule has 1 aliphatic rings. The van der Waals surface area contributed by atoms with E-state index in [1.165, 1.54) is 25.0 Å². The molecule has 0 aromatic carbocycles. The maximum Gasteiger partial charge on any atom is 0.0765 e. The van der Waals surface area contributed by atoms with Crippen LogP contribution >= 0.6 is 0 Å². The zero-order valence-corrected chi connectivity index (χ0v) is 12.5. The van der Waals surface area contributed by atoms with Gasteiger partial charge in [0.15, 0.2) is 0 Å². The summed E-state index contributed by atoms with van der Waals surface area (Å²) in [7, 11) is 0. The Morgan fingerprint density at radius 3 is 2.89 bits per heavy atom. The van der Waals surface area contributed by atoms with Crippen molar-refractivity contribution in [2.45, 2.75) is 71.1 Å². The molecule has 19 heavy (non-hydrogen) atoms. The van der Waals surface area contributed by atoms with E-state index in [1.54, 1.807) is 0 Å². The van der Waals surface area contributed by atoms with Crippen molar-refractivity contribution in [3.63, 3.8) is 0 Å². The van der Waals surface area contributed by atoms with Crippen LogP contribution < -0.4 is 5.73 Å². The zero-order valence-electron chi connectivity index (χ0n) is 12.5. The Labute approximate surface area is 117 Å². The van der Waals surface area contributed by atoms with Crippen LogP contribution in [0.15, 0.2) is 12.3 Å². The molecule has 4 heteroatoms. The lowest BCUT2D eigenvalue weighted by atomic mass is 9.97. The molecule has 0 bridgehead atoms. The van der Waals surface area contributed by atoms with E-state index in [4.69, 9.17) is 10.8 Å². The maximum atomic E-state index is 6.12. The molecule has 0 aliphatic carbocycles. The standard InChI is InChI=1S/C15H28N4/c1-4-12(2)19-10-8-14(17-19)11-18-9-6-5-7-15(18)13(3)16/h8,10,12-13,15H,4-7,9,11,16H2,1-3H3. The molecule has 0 spiro atoms. The first-order chi connectivity index (χ1) is 9.11. The molecule has 1 aliphatic heterocycles. The molecule has 1 aromatic rings. The zero-order chi connectivity index (χ0) is 13.8. The van der Waals surface area contributed by atoms with Gasteiger partial charge in [0.25, 0.3) is 0 Å². The summed E-state index contributed by atoms with van der Waals surface area (Å²) in [6.45, 7) is 8.63. The minimum Gasteiger partial charge on any atom is -0.327 e. The van der Waals surface area contributed by atoms with Gasteiger partial charge < -0.3 is 5.73 Å². The number of piperidine rings is 1. The largest absolute Gasteiger partial charge is 0.327 e. The smallest absolute Gasteiger partial charge is 0.0765 e. The highest BCUT2D eigenvalue weighted by Gasteiger charge is 2.25. The molecule has 2 rings (SSSR count). The summed E-state index contributed by atoms with van der Waals surface area (Å²) in [4.78, 5) is 2.51. The summed E-state index contributed by atoms with van der Waals surface area (Å²) < 4.78 is 2.08. The Balaban J connectivity index is 2.00. The van der Waals surface area contributed by atoms with Crippen molar-refractivity contribution in [2.24, 2.45) is 5.73 Å². The van der Waals surface area contributed by atoms with Gasteiger partial charge in [-0.2, -0.15) is 5.10 Å². The highest BCUT2D eigenvalue weighted by Crippen LogP contribution is 2.21. The van der Waals surface area contributed by atoms with E-state index in [0.29, 0.717) is 12.1 Å². The minimum absolute atomic E-state index is 0.247. The summed E-state index contributed by atoms with van der Waals surface area (Å²) in [6, 6.07) is 3.40. The van der Waals surface area contributed by atoms with Gasteiger partial charge in [-0.3, -0.25) is 9.58 Å². The van der Waals surface area contributed by atoms with Gasteiger partial charge >= 0.3 is 0 Å². The van der Waals surface area contributed by atoms with Crippen LogP contribution in [-0.2, 0) is 6.54 Å².